The highest BCUT2D eigenvalue weighted by atomic mass is 19.1. The zero-order valence-corrected chi connectivity index (χ0v) is 12.5. The Bertz CT molecular complexity index is 437. The Labute approximate surface area is 125 Å². The molecule has 5 heteroatoms. The molecule has 0 radical (unpaired) electrons. The molecule has 21 heavy (non-hydrogen) atoms. The second-order valence-corrected chi connectivity index (χ2v) is 5.70. The van der Waals surface area contributed by atoms with Crippen LogP contribution in [-0.4, -0.2) is 31.3 Å². The number of aliphatic hydroxyl groups excluding tert-OH is 1. The summed E-state index contributed by atoms with van der Waals surface area (Å²) in [6.45, 7) is 4.70. The van der Waals surface area contributed by atoms with Gasteiger partial charge in [-0.05, 0) is 49.4 Å². The van der Waals surface area contributed by atoms with Crippen molar-refractivity contribution in [3.63, 3.8) is 0 Å². The first-order chi connectivity index (χ1) is 10.2. The van der Waals surface area contributed by atoms with Gasteiger partial charge in [0.2, 0.25) is 0 Å². The zero-order valence-electron chi connectivity index (χ0n) is 12.5. The van der Waals surface area contributed by atoms with E-state index < -0.39 is 11.6 Å². The van der Waals surface area contributed by atoms with Crippen molar-refractivity contribution in [2.75, 3.05) is 31.1 Å². The lowest BCUT2D eigenvalue weighted by Crippen LogP contribution is -2.36. The van der Waals surface area contributed by atoms with E-state index in [2.05, 4.69) is 5.32 Å². The molecule has 0 atom stereocenters. The zero-order chi connectivity index (χ0) is 15.2. The van der Waals surface area contributed by atoms with E-state index >= 15 is 0 Å². The number of rotatable bonds is 6. The smallest absolute Gasteiger partial charge is 0.149 e. The topological polar surface area (TPSA) is 35.5 Å². The number of benzene rings is 1. The number of hydrogen-bond donors (Lipinski definition) is 2. The minimum absolute atomic E-state index is 0.0747. The van der Waals surface area contributed by atoms with Gasteiger partial charge < -0.3 is 15.3 Å². The molecule has 1 fully saturated rings. The van der Waals surface area contributed by atoms with Crippen LogP contribution in [-0.2, 0) is 6.54 Å². The maximum Gasteiger partial charge on any atom is 0.149 e. The van der Waals surface area contributed by atoms with Gasteiger partial charge in [-0.2, -0.15) is 0 Å². The lowest BCUT2D eigenvalue weighted by Gasteiger charge is -2.33. The normalized spacial score (nSPS) is 16.5. The predicted molar refractivity (Wildman–Crippen MR) is 80.4 cm³/mol. The standard InChI is InChI=1S/C16H24F2N2O/c1-2-5-19-10-13-8-14(17)16(15(18)9-13)20-6-3-12(11-21)4-7-20/h8-9,12,19,21H,2-7,10-11H2,1H3. The monoisotopic (exact) mass is 298 g/mol. The maximum absolute atomic E-state index is 14.2. The Hall–Kier alpha value is -1.20. The number of nitrogens with zero attached hydrogens (tertiary/aromatic N) is 1. The van der Waals surface area contributed by atoms with Crippen molar-refractivity contribution in [3.8, 4) is 0 Å². The predicted octanol–water partition coefficient (Wildman–Crippen LogP) is 2.67. The van der Waals surface area contributed by atoms with Crippen molar-refractivity contribution < 1.29 is 13.9 Å². The average Bonchev–Trinajstić information content (AvgIpc) is 2.47. The van der Waals surface area contributed by atoms with Gasteiger partial charge in [0, 0.05) is 26.2 Å². The fraction of sp³-hybridized carbons (Fsp3) is 0.625. The fourth-order valence-electron chi connectivity index (χ4n) is 2.77. The summed E-state index contributed by atoms with van der Waals surface area (Å²) in [7, 11) is 0. The van der Waals surface area contributed by atoms with Gasteiger partial charge >= 0.3 is 0 Å². The van der Waals surface area contributed by atoms with Crippen LogP contribution in [0.5, 0.6) is 0 Å². The molecule has 2 rings (SSSR count). The van der Waals surface area contributed by atoms with Crippen LogP contribution in [0.15, 0.2) is 12.1 Å². The van der Waals surface area contributed by atoms with Crippen LogP contribution >= 0.6 is 0 Å². The molecule has 1 aromatic rings. The third kappa shape index (κ3) is 4.14. The van der Waals surface area contributed by atoms with E-state index in [1.54, 1.807) is 4.90 Å². The highest BCUT2D eigenvalue weighted by Crippen LogP contribution is 2.29. The molecule has 0 bridgehead atoms. The summed E-state index contributed by atoms with van der Waals surface area (Å²) >= 11 is 0. The van der Waals surface area contributed by atoms with E-state index in [9.17, 15) is 8.78 Å². The quantitative estimate of drug-likeness (QED) is 0.793. The van der Waals surface area contributed by atoms with Crippen LogP contribution < -0.4 is 10.2 Å². The van der Waals surface area contributed by atoms with E-state index in [1.807, 2.05) is 6.92 Å². The number of hydrogen-bond acceptors (Lipinski definition) is 3. The SMILES string of the molecule is CCCNCc1cc(F)c(N2CCC(CO)CC2)c(F)c1. The van der Waals surface area contributed by atoms with Crippen LogP contribution in [0.2, 0.25) is 0 Å². The average molecular weight is 298 g/mol. The summed E-state index contributed by atoms with van der Waals surface area (Å²) in [6, 6.07) is 2.83. The number of piperidine rings is 1. The van der Waals surface area contributed by atoms with E-state index in [4.69, 9.17) is 5.11 Å². The van der Waals surface area contributed by atoms with Crippen molar-refractivity contribution >= 4 is 5.69 Å². The molecule has 1 aromatic carbocycles. The minimum atomic E-state index is -0.495. The number of nitrogens with one attached hydrogen (secondary N) is 1. The van der Waals surface area contributed by atoms with Gasteiger partial charge in [0.1, 0.15) is 17.3 Å². The molecule has 0 spiro atoms. The molecule has 0 saturated carbocycles. The first kappa shape index (κ1) is 16.2. The van der Waals surface area contributed by atoms with E-state index in [0.29, 0.717) is 25.2 Å². The van der Waals surface area contributed by atoms with Gasteiger partial charge in [-0.1, -0.05) is 6.92 Å². The van der Waals surface area contributed by atoms with Crippen LogP contribution in [0.4, 0.5) is 14.5 Å². The molecule has 1 heterocycles. The Morgan fingerprint density at radius 3 is 2.38 bits per heavy atom. The van der Waals surface area contributed by atoms with Crippen molar-refractivity contribution in [3.05, 3.63) is 29.3 Å². The van der Waals surface area contributed by atoms with Crippen molar-refractivity contribution in [1.29, 1.82) is 0 Å². The molecule has 3 nitrogen and oxygen atoms in total. The third-order valence-electron chi connectivity index (χ3n) is 4.02. The van der Waals surface area contributed by atoms with Crippen LogP contribution in [0.25, 0.3) is 0 Å². The number of halogens is 2. The lowest BCUT2D eigenvalue weighted by molar-refractivity contribution is 0.202. The Morgan fingerprint density at radius 1 is 1.24 bits per heavy atom. The Morgan fingerprint density at radius 2 is 1.86 bits per heavy atom. The first-order valence-corrected chi connectivity index (χ1v) is 7.70. The highest BCUT2D eigenvalue weighted by Gasteiger charge is 2.23. The van der Waals surface area contributed by atoms with Gasteiger partial charge in [0.25, 0.3) is 0 Å². The third-order valence-corrected chi connectivity index (χ3v) is 4.02. The maximum atomic E-state index is 14.2. The van der Waals surface area contributed by atoms with Crippen LogP contribution in [0, 0.1) is 17.6 Å². The summed E-state index contributed by atoms with van der Waals surface area (Å²) in [5, 5.41) is 12.3. The number of anilines is 1. The molecular weight excluding hydrogens is 274 g/mol. The molecule has 0 unspecified atom stereocenters. The molecule has 1 aliphatic heterocycles. The highest BCUT2D eigenvalue weighted by molar-refractivity contribution is 5.51. The van der Waals surface area contributed by atoms with Crippen LogP contribution in [0.3, 0.4) is 0 Å². The van der Waals surface area contributed by atoms with E-state index in [-0.39, 0.29) is 18.2 Å². The molecule has 0 aromatic heterocycles. The largest absolute Gasteiger partial charge is 0.396 e. The summed E-state index contributed by atoms with van der Waals surface area (Å²) in [4.78, 5) is 1.75. The second kappa shape index (κ2) is 7.71. The summed E-state index contributed by atoms with van der Waals surface area (Å²) in [5.41, 5.74) is 0.707. The van der Waals surface area contributed by atoms with Crippen molar-refractivity contribution in [2.45, 2.75) is 32.7 Å². The minimum Gasteiger partial charge on any atom is -0.396 e. The fourth-order valence-corrected chi connectivity index (χ4v) is 2.77. The van der Waals surface area contributed by atoms with E-state index in [0.717, 1.165) is 25.8 Å². The van der Waals surface area contributed by atoms with Gasteiger partial charge in [-0.15, -0.1) is 0 Å². The summed E-state index contributed by atoms with van der Waals surface area (Å²) in [5.74, 6) is -0.735. The summed E-state index contributed by atoms with van der Waals surface area (Å²) in [6.07, 6.45) is 2.53. The molecule has 118 valence electrons. The van der Waals surface area contributed by atoms with Crippen LogP contribution in [0.1, 0.15) is 31.7 Å². The second-order valence-electron chi connectivity index (χ2n) is 5.70. The lowest BCUT2D eigenvalue weighted by atomic mass is 9.97. The van der Waals surface area contributed by atoms with E-state index in [1.165, 1.54) is 12.1 Å². The molecule has 1 saturated heterocycles. The van der Waals surface area contributed by atoms with Gasteiger partial charge in [-0.3, -0.25) is 0 Å². The molecule has 1 aliphatic rings. The summed E-state index contributed by atoms with van der Waals surface area (Å²) < 4.78 is 28.4. The number of aliphatic hydroxyl groups is 1. The van der Waals surface area contributed by atoms with Gasteiger partial charge in [0.15, 0.2) is 0 Å². The van der Waals surface area contributed by atoms with Gasteiger partial charge in [-0.25, -0.2) is 8.78 Å². The Kier molecular flexibility index (Phi) is 5.94. The van der Waals surface area contributed by atoms with Crippen molar-refractivity contribution in [1.82, 2.24) is 5.32 Å². The Balaban J connectivity index is 2.06. The first-order valence-electron chi connectivity index (χ1n) is 7.70. The van der Waals surface area contributed by atoms with Gasteiger partial charge in [0.05, 0.1) is 0 Å². The molecule has 0 aliphatic carbocycles. The molecule has 0 amide bonds. The molecular formula is C16H24F2N2O. The molecule has 2 N–H and O–H groups in total. The van der Waals surface area contributed by atoms with Crippen molar-refractivity contribution in [2.24, 2.45) is 5.92 Å².